The number of hydrazone groups is 1. The highest BCUT2D eigenvalue weighted by Crippen LogP contribution is 2.23. The van der Waals surface area contributed by atoms with Crippen LogP contribution in [0.15, 0.2) is 53.8 Å². The molecule has 6 nitrogen and oxygen atoms in total. The molecule has 0 aliphatic heterocycles. The van der Waals surface area contributed by atoms with Crippen molar-refractivity contribution in [3.05, 3.63) is 64.8 Å². The normalized spacial score (nSPS) is 11.1. The summed E-state index contributed by atoms with van der Waals surface area (Å²) in [7, 11) is 0. The molecule has 0 saturated carbocycles. The number of fused-ring (bicyclic) bond motifs is 1. The Kier molecular flexibility index (Phi) is 6.55. The lowest BCUT2D eigenvalue weighted by atomic mass is 10.2. The molecule has 0 aliphatic rings. The molecule has 1 amide bonds. The van der Waals surface area contributed by atoms with Crippen LogP contribution in [0.25, 0.3) is 10.9 Å². The summed E-state index contributed by atoms with van der Waals surface area (Å²) in [6.45, 7) is 5.19. The number of benzene rings is 2. The van der Waals surface area contributed by atoms with E-state index in [9.17, 15) is 4.79 Å². The van der Waals surface area contributed by atoms with Crippen LogP contribution >= 0.6 is 11.6 Å². The molecule has 0 saturated heterocycles. The number of nitrogens with one attached hydrogen (secondary N) is 1. The van der Waals surface area contributed by atoms with E-state index in [0.29, 0.717) is 24.8 Å². The van der Waals surface area contributed by atoms with Crippen LogP contribution in [-0.2, 0) is 11.3 Å². The van der Waals surface area contributed by atoms with Gasteiger partial charge in [0.2, 0.25) is 0 Å². The van der Waals surface area contributed by atoms with Crippen molar-refractivity contribution in [1.29, 1.82) is 0 Å². The maximum atomic E-state index is 11.3. The van der Waals surface area contributed by atoms with Crippen molar-refractivity contribution in [3.8, 4) is 5.75 Å². The van der Waals surface area contributed by atoms with Crippen LogP contribution in [0.2, 0.25) is 5.02 Å². The van der Waals surface area contributed by atoms with Crippen molar-refractivity contribution in [1.82, 2.24) is 9.99 Å². The second-order valence-electron chi connectivity index (χ2n) is 6.14. The van der Waals surface area contributed by atoms with Gasteiger partial charge in [0.05, 0.1) is 19.4 Å². The van der Waals surface area contributed by atoms with Crippen LogP contribution in [0.4, 0.5) is 4.79 Å². The summed E-state index contributed by atoms with van der Waals surface area (Å²) >= 11 is 5.99. The topological polar surface area (TPSA) is 64.8 Å². The average molecular weight is 400 g/mol. The van der Waals surface area contributed by atoms with Crippen LogP contribution < -0.4 is 10.2 Å². The molecule has 2 aromatic carbocycles. The Morgan fingerprint density at radius 2 is 2.11 bits per heavy atom. The molecule has 146 valence electrons. The van der Waals surface area contributed by atoms with Crippen molar-refractivity contribution >= 4 is 34.8 Å². The van der Waals surface area contributed by atoms with Crippen LogP contribution in [0, 0.1) is 6.92 Å². The quantitative estimate of drug-likeness (QED) is 0.460. The first-order valence-corrected chi connectivity index (χ1v) is 9.39. The minimum Gasteiger partial charge on any atom is -0.491 e. The molecule has 0 atom stereocenters. The number of carbonyl (C=O) groups excluding carboxylic acids is 1. The minimum atomic E-state index is -0.575. The van der Waals surface area contributed by atoms with Gasteiger partial charge in [-0.25, -0.2) is 10.2 Å². The van der Waals surface area contributed by atoms with Crippen LogP contribution in [0.1, 0.15) is 18.1 Å². The smallest absolute Gasteiger partial charge is 0.427 e. The number of hydrogen-bond donors (Lipinski definition) is 1. The second kappa shape index (κ2) is 9.28. The number of carbonyl (C=O) groups is 1. The maximum Gasteiger partial charge on any atom is 0.427 e. The van der Waals surface area contributed by atoms with E-state index < -0.39 is 6.09 Å². The lowest BCUT2D eigenvalue weighted by molar-refractivity contribution is 0.152. The van der Waals surface area contributed by atoms with Gasteiger partial charge in [-0.1, -0.05) is 29.8 Å². The van der Waals surface area contributed by atoms with E-state index in [4.69, 9.17) is 21.1 Å². The first-order chi connectivity index (χ1) is 13.6. The van der Waals surface area contributed by atoms with Crippen molar-refractivity contribution in [2.24, 2.45) is 5.10 Å². The zero-order valence-electron chi connectivity index (χ0n) is 15.8. The van der Waals surface area contributed by atoms with Crippen LogP contribution in [-0.4, -0.2) is 30.1 Å². The first-order valence-electron chi connectivity index (χ1n) is 9.01. The van der Waals surface area contributed by atoms with Crippen molar-refractivity contribution in [2.75, 3.05) is 13.2 Å². The third kappa shape index (κ3) is 4.84. The van der Waals surface area contributed by atoms with Gasteiger partial charge in [0, 0.05) is 27.7 Å². The maximum absolute atomic E-state index is 11.3. The summed E-state index contributed by atoms with van der Waals surface area (Å²) in [6.07, 6.45) is 3.02. The molecule has 0 aliphatic carbocycles. The third-order valence-electron chi connectivity index (χ3n) is 4.18. The number of nitrogens with zero attached hydrogens (tertiary/aromatic N) is 2. The lowest BCUT2D eigenvalue weighted by Gasteiger charge is -2.10. The van der Waals surface area contributed by atoms with Crippen molar-refractivity contribution in [3.63, 3.8) is 0 Å². The Hall–Kier alpha value is -2.99. The SMILES string of the molecule is CCOC(=O)N/N=C/c1cn(CCOc2ccc(Cl)cc2C)c2ccccc12. The van der Waals surface area contributed by atoms with Gasteiger partial charge in [0.15, 0.2) is 0 Å². The predicted octanol–water partition coefficient (Wildman–Crippen LogP) is 4.76. The standard InChI is InChI=1S/C21H22ClN3O3/c1-3-27-21(26)24-23-13-16-14-25(19-7-5-4-6-18(16)19)10-11-28-20-9-8-17(22)12-15(20)2/h4-9,12-14H,3,10-11H2,1-2H3,(H,24,26)/b23-13+. The fourth-order valence-electron chi connectivity index (χ4n) is 2.91. The lowest BCUT2D eigenvalue weighted by Crippen LogP contribution is -2.18. The largest absolute Gasteiger partial charge is 0.491 e. The van der Waals surface area contributed by atoms with Gasteiger partial charge < -0.3 is 14.0 Å². The number of rotatable bonds is 7. The molecule has 0 unspecified atom stereocenters. The van der Waals surface area contributed by atoms with E-state index in [2.05, 4.69) is 15.1 Å². The molecule has 7 heteroatoms. The number of aromatic nitrogens is 1. The average Bonchev–Trinajstić information content (AvgIpc) is 3.02. The van der Waals surface area contributed by atoms with Gasteiger partial charge >= 0.3 is 6.09 Å². The van der Waals surface area contributed by atoms with Gasteiger partial charge in [-0.2, -0.15) is 5.10 Å². The fourth-order valence-corrected chi connectivity index (χ4v) is 3.14. The molecular formula is C21H22ClN3O3. The summed E-state index contributed by atoms with van der Waals surface area (Å²) < 4.78 is 12.8. The number of aryl methyl sites for hydroxylation is 1. The molecular weight excluding hydrogens is 378 g/mol. The molecule has 1 heterocycles. The summed E-state index contributed by atoms with van der Waals surface area (Å²) in [5, 5.41) is 5.70. The van der Waals surface area contributed by atoms with Gasteiger partial charge in [-0.3, -0.25) is 0 Å². The highest BCUT2D eigenvalue weighted by molar-refractivity contribution is 6.30. The monoisotopic (exact) mass is 399 g/mol. The van der Waals surface area contributed by atoms with Gasteiger partial charge in [0.1, 0.15) is 12.4 Å². The predicted molar refractivity (Wildman–Crippen MR) is 111 cm³/mol. The van der Waals surface area contributed by atoms with E-state index in [1.54, 1.807) is 13.1 Å². The molecule has 1 N–H and O–H groups in total. The second-order valence-corrected chi connectivity index (χ2v) is 6.58. The summed E-state index contributed by atoms with van der Waals surface area (Å²) in [5.74, 6) is 0.821. The third-order valence-corrected chi connectivity index (χ3v) is 4.42. The Morgan fingerprint density at radius 3 is 2.89 bits per heavy atom. The molecule has 3 rings (SSSR count). The van der Waals surface area contributed by atoms with E-state index >= 15 is 0 Å². The van der Waals surface area contributed by atoms with Gasteiger partial charge in [0.25, 0.3) is 0 Å². The van der Waals surface area contributed by atoms with Crippen molar-refractivity contribution in [2.45, 2.75) is 20.4 Å². The molecule has 0 fully saturated rings. The number of ether oxygens (including phenoxy) is 2. The van der Waals surface area contributed by atoms with Gasteiger partial charge in [-0.15, -0.1) is 0 Å². The first kappa shape index (κ1) is 19.8. The van der Waals surface area contributed by atoms with Gasteiger partial charge in [-0.05, 0) is 43.7 Å². The number of halogens is 1. The Morgan fingerprint density at radius 1 is 1.29 bits per heavy atom. The highest BCUT2D eigenvalue weighted by Gasteiger charge is 2.08. The zero-order chi connectivity index (χ0) is 19.9. The van der Waals surface area contributed by atoms with Crippen LogP contribution in [0.5, 0.6) is 5.75 Å². The molecule has 0 spiro atoms. The van der Waals surface area contributed by atoms with E-state index in [-0.39, 0.29) is 0 Å². The van der Waals surface area contributed by atoms with Crippen LogP contribution in [0.3, 0.4) is 0 Å². The molecule has 0 radical (unpaired) electrons. The molecule has 28 heavy (non-hydrogen) atoms. The van der Waals surface area contributed by atoms with E-state index in [0.717, 1.165) is 27.8 Å². The van der Waals surface area contributed by atoms with Crippen molar-refractivity contribution < 1.29 is 14.3 Å². The Bertz CT molecular complexity index is 998. The molecule has 3 aromatic rings. The number of para-hydroxylation sites is 1. The summed E-state index contributed by atoms with van der Waals surface area (Å²) in [6, 6.07) is 13.6. The summed E-state index contributed by atoms with van der Waals surface area (Å²) in [4.78, 5) is 11.3. The molecule has 1 aromatic heterocycles. The number of amides is 1. The van der Waals surface area contributed by atoms with E-state index in [1.807, 2.05) is 55.6 Å². The highest BCUT2D eigenvalue weighted by atomic mass is 35.5. The summed E-state index contributed by atoms with van der Waals surface area (Å²) in [5.41, 5.74) is 5.31. The number of hydrogen-bond acceptors (Lipinski definition) is 4. The zero-order valence-corrected chi connectivity index (χ0v) is 16.6. The Labute approximate surface area is 168 Å². The van der Waals surface area contributed by atoms with E-state index in [1.165, 1.54) is 0 Å². The molecule has 0 bridgehead atoms. The minimum absolute atomic E-state index is 0.299. The fraction of sp³-hybridized carbons (Fsp3) is 0.238. The Balaban J connectivity index is 1.71.